The summed E-state index contributed by atoms with van der Waals surface area (Å²) in [7, 11) is 2.82. The van der Waals surface area contributed by atoms with Crippen LogP contribution in [0.4, 0.5) is 5.69 Å². The van der Waals surface area contributed by atoms with E-state index in [9.17, 15) is 14.4 Å². The third kappa shape index (κ3) is 2.97. The van der Waals surface area contributed by atoms with Crippen LogP contribution in [0.25, 0.3) is 0 Å². The van der Waals surface area contributed by atoms with E-state index < -0.39 is 17.2 Å². The summed E-state index contributed by atoms with van der Waals surface area (Å²) in [5.74, 6) is -0.559. The standard InChI is InChI=1S/C14H14BrN3O3/c1-8-4-5-11(10(15)6-8)16-12(19)9-7-17(2)14(21)18(3)13(9)20/h4-7H,1-3H3,(H,16,19). The third-order valence-electron chi connectivity index (χ3n) is 3.06. The lowest BCUT2D eigenvalue weighted by Crippen LogP contribution is -2.40. The minimum absolute atomic E-state index is 0.0907. The van der Waals surface area contributed by atoms with Crippen molar-refractivity contribution in [3.63, 3.8) is 0 Å². The minimum Gasteiger partial charge on any atom is -0.321 e. The van der Waals surface area contributed by atoms with Crippen molar-refractivity contribution in [1.29, 1.82) is 0 Å². The van der Waals surface area contributed by atoms with Gasteiger partial charge in [0.2, 0.25) is 0 Å². The van der Waals surface area contributed by atoms with Gasteiger partial charge in [0.05, 0.1) is 5.69 Å². The van der Waals surface area contributed by atoms with Crippen molar-refractivity contribution in [3.8, 4) is 0 Å². The van der Waals surface area contributed by atoms with E-state index in [1.807, 2.05) is 19.1 Å². The van der Waals surface area contributed by atoms with Crippen LogP contribution in [0.3, 0.4) is 0 Å². The van der Waals surface area contributed by atoms with Crippen LogP contribution in [-0.4, -0.2) is 15.0 Å². The largest absolute Gasteiger partial charge is 0.330 e. The van der Waals surface area contributed by atoms with Gasteiger partial charge in [-0.1, -0.05) is 6.07 Å². The number of carbonyl (C=O) groups is 1. The van der Waals surface area contributed by atoms with Crippen molar-refractivity contribution in [3.05, 3.63) is 60.8 Å². The van der Waals surface area contributed by atoms with E-state index in [1.165, 1.54) is 24.9 Å². The normalized spacial score (nSPS) is 10.5. The van der Waals surface area contributed by atoms with Crippen LogP contribution in [0.1, 0.15) is 15.9 Å². The summed E-state index contributed by atoms with van der Waals surface area (Å²) in [6.45, 7) is 1.93. The quantitative estimate of drug-likeness (QED) is 0.888. The Bertz CT molecular complexity index is 836. The Balaban J connectivity index is 2.42. The molecule has 0 spiro atoms. The number of nitrogens with one attached hydrogen (secondary N) is 1. The number of aromatic nitrogens is 2. The van der Waals surface area contributed by atoms with E-state index in [4.69, 9.17) is 0 Å². The van der Waals surface area contributed by atoms with Gasteiger partial charge in [-0.05, 0) is 40.5 Å². The average Bonchev–Trinajstić information content (AvgIpc) is 2.43. The second kappa shape index (κ2) is 5.69. The summed E-state index contributed by atoms with van der Waals surface area (Å²) in [6, 6.07) is 5.44. The molecule has 0 radical (unpaired) electrons. The first kappa shape index (κ1) is 15.2. The summed E-state index contributed by atoms with van der Waals surface area (Å²) in [4.78, 5) is 35.8. The fourth-order valence-electron chi connectivity index (χ4n) is 1.88. The molecule has 7 heteroatoms. The Hall–Kier alpha value is -2.15. The molecule has 21 heavy (non-hydrogen) atoms. The molecule has 0 saturated carbocycles. The molecule has 0 aliphatic heterocycles. The smallest absolute Gasteiger partial charge is 0.321 e. The van der Waals surface area contributed by atoms with E-state index in [0.717, 1.165) is 14.6 Å². The molecule has 110 valence electrons. The molecule has 2 rings (SSSR count). The number of hydrogen-bond acceptors (Lipinski definition) is 3. The molecule has 1 N–H and O–H groups in total. The summed E-state index contributed by atoms with van der Waals surface area (Å²) >= 11 is 3.35. The maximum atomic E-state index is 12.2. The SMILES string of the molecule is Cc1ccc(NC(=O)c2cn(C)c(=O)n(C)c2=O)c(Br)c1. The Morgan fingerprint density at radius 3 is 2.52 bits per heavy atom. The topological polar surface area (TPSA) is 73.1 Å². The highest BCUT2D eigenvalue weighted by molar-refractivity contribution is 9.10. The van der Waals surface area contributed by atoms with Crippen LogP contribution < -0.4 is 16.6 Å². The molecule has 0 aliphatic rings. The number of carbonyl (C=O) groups excluding carboxylic acids is 1. The van der Waals surface area contributed by atoms with Gasteiger partial charge in [-0.15, -0.1) is 0 Å². The van der Waals surface area contributed by atoms with Gasteiger partial charge in [-0.25, -0.2) is 4.79 Å². The van der Waals surface area contributed by atoms with E-state index in [0.29, 0.717) is 5.69 Å². The molecule has 0 fully saturated rings. The zero-order valence-electron chi connectivity index (χ0n) is 11.8. The van der Waals surface area contributed by atoms with Crippen molar-refractivity contribution in [2.24, 2.45) is 14.1 Å². The molecule has 0 aliphatic carbocycles. The molecule has 1 heterocycles. The minimum atomic E-state index is -0.626. The highest BCUT2D eigenvalue weighted by Crippen LogP contribution is 2.23. The predicted octanol–water partition coefficient (Wildman–Crippen LogP) is 1.41. The zero-order chi connectivity index (χ0) is 15.7. The molecule has 0 saturated heterocycles. The second-order valence-electron chi connectivity index (χ2n) is 4.74. The van der Waals surface area contributed by atoms with Crippen molar-refractivity contribution in [2.75, 3.05) is 5.32 Å². The molecule has 0 bridgehead atoms. The van der Waals surface area contributed by atoms with Gasteiger partial charge in [0.15, 0.2) is 0 Å². The van der Waals surface area contributed by atoms with Gasteiger partial charge in [-0.3, -0.25) is 14.2 Å². The fourth-order valence-corrected chi connectivity index (χ4v) is 2.47. The Kier molecular flexibility index (Phi) is 4.13. The maximum absolute atomic E-state index is 12.2. The van der Waals surface area contributed by atoms with E-state index in [1.54, 1.807) is 6.07 Å². The number of rotatable bonds is 2. The van der Waals surface area contributed by atoms with Crippen LogP contribution in [0, 0.1) is 6.92 Å². The van der Waals surface area contributed by atoms with E-state index >= 15 is 0 Å². The van der Waals surface area contributed by atoms with Crippen LogP contribution in [0.5, 0.6) is 0 Å². The number of halogens is 1. The molecule has 2 aromatic rings. The molecular formula is C14H14BrN3O3. The lowest BCUT2D eigenvalue weighted by Gasteiger charge is -2.09. The second-order valence-corrected chi connectivity index (χ2v) is 5.59. The number of anilines is 1. The molecular weight excluding hydrogens is 338 g/mol. The Labute approximate surface area is 129 Å². The predicted molar refractivity (Wildman–Crippen MR) is 83.8 cm³/mol. The molecule has 1 aromatic heterocycles. The van der Waals surface area contributed by atoms with Crippen molar-refractivity contribution in [1.82, 2.24) is 9.13 Å². The first-order valence-corrected chi connectivity index (χ1v) is 6.94. The summed E-state index contributed by atoms with van der Waals surface area (Å²) in [5, 5.41) is 2.65. The van der Waals surface area contributed by atoms with Gasteiger partial charge in [-0.2, -0.15) is 0 Å². The van der Waals surface area contributed by atoms with Crippen LogP contribution in [-0.2, 0) is 14.1 Å². The highest BCUT2D eigenvalue weighted by Gasteiger charge is 2.15. The number of amides is 1. The zero-order valence-corrected chi connectivity index (χ0v) is 13.4. The van der Waals surface area contributed by atoms with E-state index in [-0.39, 0.29) is 5.56 Å². The van der Waals surface area contributed by atoms with Crippen LogP contribution in [0.15, 0.2) is 38.5 Å². The first-order valence-electron chi connectivity index (χ1n) is 6.15. The van der Waals surface area contributed by atoms with Gasteiger partial charge >= 0.3 is 5.69 Å². The molecule has 6 nitrogen and oxygen atoms in total. The van der Waals surface area contributed by atoms with Crippen molar-refractivity contribution >= 4 is 27.5 Å². The highest BCUT2D eigenvalue weighted by atomic mass is 79.9. The average molecular weight is 352 g/mol. The number of hydrogen-bond donors (Lipinski definition) is 1. The van der Waals surface area contributed by atoms with E-state index in [2.05, 4.69) is 21.2 Å². The summed E-state index contributed by atoms with van der Waals surface area (Å²) < 4.78 is 2.82. The molecule has 0 atom stereocenters. The monoisotopic (exact) mass is 351 g/mol. The molecule has 0 unspecified atom stereocenters. The van der Waals surface area contributed by atoms with Crippen molar-refractivity contribution in [2.45, 2.75) is 6.92 Å². The summed E-state index contributed by atoms with van der Waals surface area (Å²) in [6.07, 6.45) is 1.24. The summed E-state index contributed by atoms with van der Waals surface area (Å²) in [5.41, 5.74) is 0.401. The van der Waals surface area contributed by atoms with Gasteiger partial charge < -0.3 is 9.88 Å². The molecule has 1 amide bonds. The number of benzene rings is 1. The van der Waals surface area contributed by atoms with Gasteiger partial charge in [0.1, 0.15) is 5.56 Å². The third-order valence-corrected chi connectivity index (χ3v) is 3.72. The maximum Gasteiger partial charge on any atom is 0.330 e. The lowest BCUT2D eigenvalue weighted by molar-refractivity contribution is 0.102. The number of nitrogens with zero attached hydrogens (tertiary/aromatic N) is 2. The Morgan fingerprint density at radius 1 is 1.24 bits per heavy atom. The lowest BCUT2D eigenvalue weighted by atomic mass is 10.2. The van der Waals surface area contributed by atoms with Gasteiger partial charge in [0, 0.05) is 24.8 Å². The molecule has 1 aromatic carbocycles. The van der Waals surface area contributed by atoms with Gasteiger partial charge in [0.25, 0.3) is 11.5 Å². The fraction of sp³-hybridized carbons (Fsp3) is 0.214. The van der Waals surface area contributed by atoms with Crippen LogP contribution in [0.2, 0.25) is 0 Å². The number of aryl methyl sites for hydroxylation is 2. The van der Waals surface area contributed by atoms with Crippen molar-refractivity contribution < 1.29 is 4.79 Å². The van der Waals surface area contributed by atoms with Crippen LogP contribution >= 0.6 is 15.9 Å². The first-order chi connectivity index (χ1) is 9.81. The Morgan fingerprint density at radius 2 is 1.90 bits per heavy atom.